The predicted octanol–water partition coefficient (Wildman–Crippen LogP) is 4.66. The maximum Gasteiger partial charge on any atom is 0.387 e. The largest absolute Gasteiger partial charge is 0.461 e. The summed E-state index contributed by atoms with van der Waals surface area (Å²) in [6, 6.07) is 9.58. The molecule has 1 aliphatic carbocycles. The lowest BCUT2D eigenvalue weighted by Crippen LogP contribution is -2.08. The summed E-state index contributed by atoms with van der Waals surface area (Å²) in [6.07, 6.45) is 4.04. The third-order valence-corrected chi connectivity index (χ3v) is 3.85. The molecule has 1 aromatic carbocycles. The van der Waals surface area contributed by atoms with Crippen LogP contribution in [0.15, 0.2) is 46.9 Å². The summed E-state index contributed by atoms with van der Waals surface area (Å²) in [5.74, 6) is 2.29. The molecule has 1 N–H and O–H groups in total. The number of alkyl halides is 2. The van der Waals surface area contributed by atoms with Gasteiger partial charge in [-0.25, -0.2) is 0 Å². The van der Waals surface area contributed by atoms with Crippen LogP contribution in [0.25, 0.3) is 6.08 Å². The van der Waals surface area contributed by atoms with Crippen LogP contribution in [-0.2, 0) is 4.79 Å². The molecule has 0 saturated heterocycles. The molecule has 4 nitrogen and oxygen atoms in total. The van der Waals surface area contributed by atoms with Gasteiger partial charge in [0.2, 0.25) is 5.91 Å². The molecule has 1 aromatic heterocycles. The van der Waals surface area contributed by atoms with Gasteiger partial charge in [0.25, 0.3) is 0 Å². The minimum Gasteiger partial charge on any atom is -0.461 e. The van der Waals surface area contributed by atoms with E-state index in [0.29, 0.717) is 23.3 Å². The Labute approximate surface area is 138 Å². The molecule has 24 heavy (non-hydrogen) atoms. The van der Waals surface area contributed by atoms with Crippen LogP contribution in [0.5, 0.6) is 5.75 Å². The molecule has 0 aliphatic heterocycles. The molecule has 0 radical (unpaired) electrons. The van der Waals surface area contributed by atoms with Crippen molar-refractivity contribution in [3.8, 4) is 5.75 Å². The number of rotatable bonds is 6. The first kappa shape index (κ1) is 16.2. The summed E-state index contributed by atoms with van der Waals surface area (Å²) in [7, 11) is 0. The SMILES string of the molecule is CC1CC1c1ccc(/C=C/C(=O)Nc2cccc(OC(F)F)c2)o1. The Morgan fingerprint density at radius 1 is 1.38 bits per heavy atom. The molecule has 1 heterocycles. The van der Waals surface area contributed by atoms with Gasteiger partial charge in [-0.3, -0.25) is 4.79 Å². The van der Waals surface area contributed by atoms with E-state index in [9.17, 15) is 13.6 Å². The lowest BCUT2D eigenvalue weighted by Gasteiger charge is -2.06. The Bertz CT molecular complexity index is 754. The second-order valence-electron chi connectivity index (χ2n) is 5.79. The number of nitrogens with one attached hydrogen (secondary N) is 1. The van der Waals surface area contributed by atoms with Crippen molar-refractivity contribution in [3.63, 3.8) is 0 Å². The van der Waals surface area contributed by atoms with Gasteiger partial charge >= 0.3 is 6.61 Å². The number of anilines is 1. The third-order valence-electron chi connectivity index (χ3n) is 3.85. The van der Waals surface area contributed by atoms with E-state index in [0.717, 1.165) is 12.2 Å². The molecule has 1 fully saturated rings. The molecule has 2 atom stereocenters. The summed E-state index contributed by atoms with van der Waals surface area (Å²) < 4.78 is 34.3. The van der Waals surface area contributed by atoms with E-state index in [2.05, 4.69) is 17.0 Å². The van der Waals surface area contributed by atoms with Gasteiger partial charge in [-0.05, 0) is 42.7 Å². The number of furan rings is 1. The van der Waals surface area contributed by atoms with Gasteiger partial charge in [-0.15, -0.1) is 0 Å². The number of carbonyl (C=O) groups excluding carboxylic acids is 1. The topological polar surface area (TPSA) is 51.5 Å². The zero-order valence-corrected chi connectivity index (χ0v) is 13.0. The Balaban J connectivity index is 1.58. The van der Waals surface area contributed by atoms with Crippen LogP contribution in [0.2, 0.25) is 0 Å². The predicted molar refractivity (Wildman–Crippen MR) is 86.0 cm³/mol. The molecule has 6 heteroatoms. The molecule has 1 amide bonds. The van der Waals surface area contributed by atoms with Gasteiger partial charge in [-0.1, -0.05) is 13.0 Å². The molecule has 1 aliphatic rings. The number of hydrogen-bond acceptors (Lipinski definition) is 3. The normalized spacial score (nSPS) is 19.7. The molecule has 2 unspecified atom stereocenters. The van der Waals surface area contributed by atoms with Crippen LogP contribution in [0.4, 0.5) is 14.5 Å². The van der Waals surface area contributed by atoms with E-state index < -0.39 is 6.61 Å². The van der Waals surface area contributed by atoms with E-state index in [1.807, 2.05) is 12.1 Å². The van der Waals surface area contributed by atoms with Crippen molar-refractivity contribution in [2.75, 3.05) is 5.32 Å². The smallest absolute Gasteiger partial charge is 0.387 e. The number of amides is 1. The highest BCUT2D eigenvalue weighted by atomic mass is 19.3. The first-order valence-corrected chi connectivity index (χ1v) is 7.65. The number of carbonyl (C=O) groups is 1. The van der Waals surface area contributed by atoms with E-state index in [4.69, 9.17) is 4.42 Å². The zero-order chi connectivity index (χ0) is 17.1. The fraction of sp³-hybridized carbons (Fsp3) is 0.278. The summed E-state index contributed by atoms with van der Waals surface area (Å²) in [6.45, 7) is -0.736. The van der Waals surface area contributed by atoms with Crippen LogP contribution >= 0.6 is 0 Å². The Hall–Kier alpha value is -2.63. The quantitative estimate of drug-likeness (QED) is 0.783. The third kappa shape index (κ3) is 4.22. The number of ether oxygens (including phenoxy) is 1. The first-order chi connectivity index (χ1) is 11.5. The van der Waals surface area contributed by atoms with Gasteiger partial charge in [0.05, 0.1) is 0 Å². The average Bonchev–Trinajstić information content (AvgIpc) is 3.07. The number of benzene rings is 1. The Kier molecular flexibility index (Phi) is 4.64. The first-order valence-electron chi connectivity index (χ1n) is 7.65. The monoisotopic (exact) mass is 333 g/mol. The molecule has 1 saturated carbocycles. The van der Waals surface area contributed by atoms with Crippen molar-refractivity contribution in [2.45, 2.75) is 25.9 Å². The average molecular weight is 333 g/mol. The van der Waals surface area contributed by atoms with Crippen molar-refractivity contribution in [2.24, 2.45) is 5.92 Å². The van der Waals surface area contributed by atoms with Crippen molar-refractivity contribution >= 4 is 17.7 Å². The van der Waals surface area contributed by atoms with E-state index in [-0.39, 0.29) is 11.7 Å². The minimum absolute atomic E-state index is 0.0130. The fourth-order valence-corrected chi connectivity index (χ4v) is 2.47. The van der Waals surface area contributed by atoms with Crippen LogP contribution in [0.3, 0.4) is 0 Å². The van der Waals surface area contributed by atoms with Gasteiger partial charge in [0, 0.05) is 23.7 Å². The molecule has 0 spiro atoms. The molecule has 126 valence electrons. The highest BCUT2D eigenvalue weighted by molar-refractivity contribution is 6.01. The van der Waals surface area contributed by atoms with Crippen molar-refractivity contribution < 1.29 is 22.7 Å². The van der Waals surface area contributed by atoms with Crippen molar-refractivity contribution in [1.82, 2.24) is 0 Å². The van der Waals surface area contributed by atoms with Gasteiger partial charge < -0.3 is 14.5 Å². The highest BCUT2D eigenvalue weighted by Gasteiger charge is 2.36. The lowest BCUT2D eigenvalue weighted by molar-refractivity contribution is -0.111. The number of hydrogen-bond donors (Lipinski definition) is 1. The maximum absolute atomic E-state index is 12.2. The molecular formula is C18H17F2NO3. The van der Waals surface area contributed by atoms with E-state index in [1.165, 1.54) is 24.3 Å². The van der Waals surface area contributed by atoms with Gasteiger partial charge in [-0.2, -0.15) is 8.78 Å². The fourth-order valence-electron chi connectivity index (χ4n) is 2.47. The molecule has 2 aromatic rings. The second-order valence-corrected chi connectivity index (χ2v) is 5.79. The van der Waals surface area contributed by atoms with Gasteiger partial charge in [0.1, 0.15) is 17.3 Å². The summed E-state index contributed by atoms with van der Waals surface area (Å²) in [5, 5.41) is 2.58. The van der Waals surface area contributed by atoms with E-state index >= 15 is 0 Å². The van der Waals surface area contributed by atoms with Crippen LogP contribution < -0.4 is 10.1 Å². The minimum atomic E-state index is -2.90. The summed E-state index contributed by atoms with van der Waals surface area (Å²) in [4.78, 5) is 11.9. The van der Waals surface area contributed by atoms with Crippen LogP contribution in [0.1, 0.15) is 30.8 Å². The van der Waals surface area contributed by atoms with Crippen LogP contribution in [0, 0.1) is 5.92 Å². The highest BCUT2D eigenvalue weighted by Crippen LogP contribution is 2.47. The van der Waals surface area contributed by atoms with E-state index in [1.54, 1.807) is 12.1 Å². The maximum atomic E-state index is 12.2. The summed E-state index contributed by atoms with van der Waals surface area (Å²) >= 11 is 0. The number of halogens is 2. The second kappa shape index (κ2) is 6.86. The molecular weight excluding hydrogens is 316 g/mol. The standard InChI is InChI=1S/C18H17F2NO3/c1-11-9-15(11)16-7-5-13(23-16)6-8-17(22)21-12-3-2-4-14(10-12)24-18(19)20/h2-8,10-11,15,18H,9H2,1H3,(H,21,22)/b8-6+. The Morgan fingerprint density at radius 3 is 2.88 bits per heavy atom. The zero-order valence-electron chi connectivity index (χ0n) is 13.0. The Morgan fingerprint density at radius 2 is 2.17 bits per heavy atom. The van der Waals surface area contributed by atoms with Crippen molar-refractivity contribution in [3.05, 3.63) is 54.0 Å². The lowest BCUT2D eigenvalue weighted by atomic mass is 10.3. The molecule has 0 bridgehead atoms. The summed E-state index contributed by atoms with van der Waals surface area (Å²) in [5.41, 5.74) is 0.370. The van der Waals surface area contributed by atoms with Gasteiger partial charge in [0.15, 0.2) is 0 Å². The molecule has 3 rings (SSSR count). The van der Waals surface area contributed by atoms with Crippen molar-refractivity contribution in [1.29, 1.82) is 0 Å². The van der Waals surface area contributed by atoms with Crippen LogP contribution in [-0.4, -0.2) is 12.5 Å².